The van der Waals surface area contributed by atoms with Gasteiger partial charge in [0, 0.05) is 10.2 Å². The monoisotopic (exact) mass is 493 g/mol. The number of anilines is 1. The van der Waals surface area contributed by atoms with Crippen molar-refractivity contribution in [3.8, 4) is 5.69 Å². The van der Waals surface area contributed by atoms with Crippen molar-refractivity contribution in [2.45, 2.75) is 19.0 Å². The molecule has 0 aliphatic rings. The lowest BCUT2D eigenvalue weighted by molar-refractivity contribution is -0.113. The van der Waals surface area contributed by atoms with Crippen LogP contribution in [-0.2, 0) is 4.79 Å². The summed E-state index contributed by atoms with van der Waals surface area (Å²) in [6, 6.07) is 20.5. The molecule has 1 amide bonds. The van der Waals surface area contributed by atoms with Crippen LogP contribution in [0.3, 0.4) is 0 Å². The second kappa shape index (κ2) is 9.08. The lowest BCUT2D eigenvalue weighted by atomic mass is 10.1. The van der Waals surface area contributed by atoms with Crippen molar-refractivity contribution in [1.29, 1.82) is 0 Å². The summed E-state index contributed by atoms with van der Waals surface area (Å²) in [5.41, 5.74) is 4.19. The summed E-state index contributed by atoms with van der Waals surface area (Å²) >= 11 is 4.66. The van der Waals surface area contributed by atoms with Crippen molar-refractivity contribution in [2.24, 2.45) is 0 Å². The van der Waals surface area contributed by atoms with Gasteiger partial charge >= 0.3 is 0 Å². The number of carbonyl (C=O) groups excluding carboxylic acids is 1. The standard InChI is InChI=1S/C24H20BrN3O2S/c1-15-7-10-18(13-16(15)2)26-22(29)14-31-24-27-21-6-4-3-5-20(21)23(30)28(24)19-11-8-17(25)9-12-19/h3-13H,14H2,1-2H3,(H,26,29). The number of hydrogen-bond donors (Lipinski definition) is 1. The number of rotatable bonds is 5. The van der Waals surface area contributed by atoms with Gasteiger partial charge in [0.15, 0.2) is 5.16 Å². The first-order valence-corrected chi connectivity index (χ1v) is 11.5. The number of fused-ring (bicyclic) bond motifs is 1. The van der Waals surface area contributed by atoms with Gasteiger partial charge < -0.3 is 5.32 Å². The minimum absolute atomic E-state index is 0.133. The van der Waals surface area contributed by atoms with E-state index < -0.39 is 0 Å². The highest BCUT2D eigenvalue weighted by atomic mass is 79.9. The zero-order valence-corrected chi connectivity index (χ0v) is 19.5. The minimum Gasteiger partial charge on any atom is -0.325 e. The van der Waals surface area contributed by atoms with Crippen LogP contribution in [0.1, 0.15) is 11.1 Å². The van der Waals surface area contributed by atoms with Crippen LogP contribution in [0.4, 0.5) is 5.69 Å². The van der Waals surface area contributed by atoms with Gasteiger partial charge in [-0.25, -0.2) is 4.98 Å². The smallest absolute Gasteiger partial charge is 0.266 e. The number of nitrogens with one attached hydrogen (secondary N) is 1. The largest absolute Gasteiger partial charge is 0.325 e. The van der Waals surface area contributed by atoms with Gasteiger partial charge in [-0.1, -0.05) is 45.9 Å². The number of benzene rings is 3. The second-order valence-electron chi connectivity index (χ2n) is 7.16. The topological polar surface area (TPSA) is 64.0 Å². The van der Waals surface area contributed by atoms with Gasteiger partial charge in [0.1, 0.15) is 0 Å². The molecule has 0 radical (unpaired) electrons. The van der Waals surface area contributed by atoms with Gasteiger partial charge in [-0.15, -0.1) is 0 Å². The molecule has 0 bridgehead atoms. The van der Waals surface area contributed by atoms with E-state index in [2.05, 4.69) is 26.2 Å². The third kappa shape index (κ3) is 4.73. The first kappa shape index (κ1) is 21.3. The van der Waals surface area contributed by atoms with Gasteiger partial charge in [-0.2, -0.15) is 0 Å². The molecule has 0 saturated carbocycles. The van der Waals surface area contributed by atoms with E-state index in [-0.39, 0.29) is 17.2 Å². The van der Waals surface area contributed by atoms with Gasteiger partial charge in [-0.05, 0) is 73.5 Å². The highest BCUT2D eigenvalue weighted by Crippen LogP contribution is 2.23. The minimum atomic E-state index is -0.162. The lowest BCUT2D eigenvalue weighted by Crippen LogP contribution is -2.23. The maximum Gasteiger partial charge on any atom is 0.266 e. The summed E-state index contributed by atoms with van der Waals surface area (Å²) in [5, 5.41) is 3.93. The molecule has 1 heterocycles. The molecular formula is C24H20BrN3O2S. The van der Waals surface area contributed by atoms with Crippen LogP contribution in [-0.4, -0.2) is 21.2 Å². The number of halogens is 1. The maximum absolute atomic E-state index is 13.2. The van der Waals surface area contributed by atoms with Crippen molar-refractivity contribution in [1.82, 2.24) is 9.55 Å². The molecule has 4 aromatic rings. The quantitative estimate of drug-likeness (QED) is 0.294. The van der Waals surface area contributed by atoms with E-state index in [9.17, 15) is 9.59 Å². The average Bonchev–Trinajstić information content (AvgIpc) is 2.76. The Hall–Kier alpha value is -2.90. The van der Waals surface area contributed by atoms with Crippen LogP contribution in [0.15, 0.2) is 81.2 Å². The van der Waals surface area contributed by atoms with E-state index in [0.29, 0.717) is 21.7 Å². The predicted molar refractivity (Wildman–Crippen MR) is 130 cm³/mol. The van der Waals surface area contributed by atoms with Crippen LogP contribution < -0.4 is 10.9 Å². The Kier molecular flexibility index (Phi) is 6.25. The van der Waals surface area contributed by atoms with Crippen molar-refractivity contribution in [3.05, 3.63) is 92.7 Å². The Morgan fingerprint density at radius 1 is 1.03 bits per heavy atom. The van der Waals surface area contributed by atoms with Gasteiger partial charge in [0.2, 0.25) is 5.91 Å². The van der Waals surface area contributed by atoms with Crippen LogP contribution in [0, 0.1) is 13.8 Å². The Balaban J connectivity index is 1.65. The van der Waals surface area contributed by atoms with Crippen LogP contribution >= 0.6 is 27.7 Å². The Morgan fingerprint density at radius 2 is 1.77 bits per heavy atom. The van der Waals surface area contributed by atoms with Crippen molar-refractivity contribution in [3.63, 3.8) is 0 Å². The normalized spacial score (nSPS) is 10.9. The number of thioether (sulfide) groups is 1. The van der Waals surface area contributed by atoms with Crippen LogP contribution in [0.25, 0.3) is 16.6 Å². The number of nitrogens with zero attached hydrogens (tertiary/aromatic N) is 2. The number of para-hydroxylation sites is 1. The zero-order valence-electron chi connectivity index (χ0n) is 17.1. The molecule has 31 heavy (non-hydrogen) atoms. The molecule has 7 heteroatoms. The fourth-order valence-electron chi connectivity index (χ4n) is 3.17. The molecule has 0 saturated heterocycles. The molecular weight excluding hydrogens is 474 g/mol. The lowest BCUT2D eigenvalue weighted by Gasteiger charge is -2.13. The molecule has 4 rings (SSSR count). The third-order valence-corrected chi connectivity index (χ3v) is 6.42. The molecule has 0 atom stereocenters. The second-order valence-corrected chi connectivity index (χ2v) is 9.02. The summed E-state index contributed by atoms with van der Waals surface area (Å²) in [7, 11) is 0. The molecule has 3 aromatic carbocycles. The summed E-state index contributed by atoms with van der Waals surface area (Å²) in [6.45, 7) is 4.04. The van der Waals surface area contributed by atoms with E-state index in [1.165, 1.54) is 17.3 Å². The van der Waals surface area contributed by atoms with E-state index >= 15 is 0 Å². The van der Waals surface area contributed by atoms with Gasteiger partial charge in [0.25, 0.3) is 5.56 Å². The average molecular weight is 494 g/mol. The zero-order chi connectivity index (χ0) is 22.0. The van der Waals surface area contributed by atoms with E-state index in [1.54, 1.807) is 10.6 Å². The highest BCUT2D eigenvalue weighted by molar-refractivity contribution is 9.10. The molecule has 0 unspecified atom stereocenters. The number of amides is 1. The Labute approximate surface area is 192 Å². The number of aryl methyl sites for hydroxylation is 2. The summed E-state index contributed by atoms with van der Waals surface area (Å²) in [4.78, 5) is 30.5. The van der Waals surface area contributed by atoms with Crippen molar-refractivity contribution in [2.75, 3.05) is 11.1 Å². The number of hydrogen-bond acceptors (Lipinski definition) is 4. The summed E-state index contributed by atoms with van der Waals surface area (Å²) < 4.78 is 2.47. The molecule has 1 aromatic heterocycles. The fourth-order valence-corrected chi connectivity index (χ4v) is 4.25. The highest BCUT2D eigenvalue weighted by Gasteiger charge is 2.15. The first-order valence-electron chi connectivity index (χ1n) is 9.70. The number of aromatic nitrogens is 2. The van der Waals surface area contributed by atoms with Crippen LogP contribution in [0.2, 0.25) is 0 Å². The number of carbonyl (C=O) groups is 1. The molecule has 156 valence electrons. The fraction of sp³-hybridized carbons (Fsp3) is 0.125. The Morgan fingerprint density at radius 3 is 2.52 bits per heavy atom. The molecule has 1 N–H and O–H groups in total. The SMILES string of the molecule is Cc1ccc(NC(=O)CSc2nc3ccccc3c(=O)n2-c2ccc(Br)cc2)cc1C. The van der Waals surface area contributed by atoms with Gasteiger partial charge in [-0.3, -0.25) is 14.2 Å². The molecule has 5 nitrogen and oxygen atoms in total. The molecule has 0 aliphatic carbocycles. The Bertz CT molecular complexity index is 1330. The summed E-state index contributed by atoms with van der Waals surface area (Å²) in [5.74, 6) is -0.0214. The predicted octanol–water partition coefficient (Wildman–Crippen LogP) is 5.50. The van der Waals surface area contributed by atoms with Crippen molar-refractivity contribution >= 4 is 50.2 Å². The van der Waals surface area contributed by atoms with E-state index in [0.717, 1.165) is 15.7 Å². The first-order chi connectivity index (χ1) is 14.9. The van der Waals surface area contributed by atoms with Crippen LogP contribution in [0.5, 0.6) is 0 Å². The summed E-state index contributed by atoms with van der Waals surface area (Å²) in [6.07, 6.45) is 0. The van der Waals surface area contributed by atoms with Gasteiger partial charge in [0.05, 0.1) is 22.3 Å². The molecule has 0 fully saturated rings. The van der Waals surface area contributed by atoms with E-state index in [1.807, 2.05) is 74.5 Å². The molecule has 0 spiro atoms. The van der Waals surface area contributed by atoms with Crippen molar-refractivity contribution < 1.29 is 4.79 Å². The third-order valence-electron chi connectivity index (χ3n) is 4.95. The van der Waals surface area contributed by atoms with E-state index in [4.69, 9.17) is 0 Å². The maximum atomic E-state index is 13.2. The molecule has 0 aliphatic heterocycles.